The van der Waals surface area contributed by atoms with E-state index in [4.69, 9.17) is 11.6 Å². The fourth-order valence-corrected chi connectivity index (χ4v) is 1.79. The number of hydrogen-bond donors (Lipinski definition) is 1. The zero-order chi connectivity index (χ0) is 14.2. The molecule has 0 radical (unpaired) electrons. The molecule has 100 valence electrons. The fourth-order valence-electron chi connectivity index (χ4n) is 1.61. The summed E-state index contributed by atoms with van der Waals surface area (Å²) in [4.78, 5) is 0. The Morgan fingerprint density at radius 3 is 2.05 bits per heavy atom. The molecule has 2 aromatic carbocycles. The van der Waals surface area contributed by atoms with Crippen LogP contribution in [0, 0.1) is 5.82 Å². The van der Waals surface area contributed by atoms with Crippen LogP contribution in [0.25, 0.3) is 11.1 Å². The molecular formula is C13H7ClF4O. The summed E-state index contributed by atoms with van der Waals surface area (Å²) in [6.07, 6.45) is -4.73. The lowest BCUT2D eigenvalue weighted by Crippen LogP contribution is -2.07. The van der Waals surface area contributed by atoms with Crippen molar-refractivity contribution in [3.8, 4) is 16.9 Å². The van der Waals surface area contributed by atoms with Crippen molar-refractivity contribution in [2.24, 2.45) is 0 Å². The lowest BCUT2D eigenvalue weighted by molar-refractivity contribution is -0.139. The molecule has 1 nitrogen and oxygen atoms in total. The number of aromatic hydroxyl groups is 1. The number of halogens is 5. The highest BCUT2D eigenvalue weighted by atomic mass is 35.5. The Hall–Kier alpha value is -1.75. The molecule has 0 saturated carbocycles. The summed E-state index contributed by atoms with van der Waals surface area (Å²) in [5.41, 5.74) is -0.663. The maximum absolute atomic E-state index is 13.4. The van der Waals surface area contributed by atoms with Gasteiger partial charge in [0.1, 0.15) is 11.6 Å². The van der Waals surface area contributed by atoms with Crippen LogP contribution in [0.1, 0.15) is 5.56 Å². The topological polar surface area (TPSA) is 20.2 Å². The van der Waals surface area contributed by atoms with Gasteiger partial charge in [0.05, 0.1) is 10.6 Å². The summed E-state index contributed by atoms with van der Waals surface area (Å²) in [5.74, 6) is -1.51. The van der Waals surface area contributed by atoms with E-state index in [1.165, 1.54) is 18.2 Å². The normalized spacial score (nSPS) is 11.6. The highest BCUT2D eigenvalue weighted by molar-refractivity contribution is 6.32. The Morgan fingerprint density at radius 2 is 1.53 bits per heavy atom. The van der Waals surface area contributed by atoms with Crippen LogP contribution >= 0.6 is 11.6 Å². The van der Waals surface area contributed by atoms with Gasteiger partial charge in [-0.1, -0.05) is 23.7 Å². The van der Waals surface area contributed by atoms with Crippen molar-refractivity contribution in [3.63, 3.8) is 0 Å². The van der Waals surface area contributed by atoms with Gasteiger partial charge in [-0.25, -0.2) is 4.39 Å². The summed E-state index contributed by atoms with van der Waals surface area (Å²) in [6, 6.07) is 6.67. The SMILES string of the molecule is Oc1ccc(-c2ccc(C(F)(F)F)c(F)c2)cc1Cl. The summed E-state index contributed by atoms with van der Waals surface area (Å²) >= 11 is 5.68. The smallest absolute Gasteiger partial charge is 0.419 e. The second-order valence-electron chi connectivity index (χ2n) is 3.86. The van der Waals surface area contributed by atoms with Crippen LogP contribution in [-0.2, 0) is 6.18 Å². The molecule has 0 aliphatic carbocycles. The van der Waals surface area contributed by atoms with E-state index < -0.39 is 17.6 Å². The summed E-state index contributed by atoms with van der Waals surface area (Å²) in [5, 5.41) is 9.28. The van der Waals surface area contributed by atoms with Crippen molar-refractivity contribution in [1.29, 1.82) is 0 Å². The first kappa shape index (κ1) is 13.7. The van der Waals surface area contributed by atoms with Crippen LogP contribution in [0.3, 0.4) is 0 Å². The number of hydrogen-bond acceptors (Lipinski definition) is 1. The van der Waals surface area contributed by atoms with Crippen molar-refractivity contribution < 1.29 is 22.7 Å². The first-order valence-electron chi connectivity index (χ1n) is 5.14. The Bertz CT molecular complexity index is 623. The van der Waals surface area contributed by atoms with E-state index >= 15 is 0 Å². The molecule has 19 heavy (non-hydrogen) atoms. The maximum atomic E-state index is 13.4. The summed E-state index contributed by atoms with van der Waals surface area (Å²) in [6.45, 7) is 0. The van der Waals surface area contributed by atoms with E-state index in [9.17, 15) is 22.7 Å². The summed E-state index contributed by atoms with van der Waals surface area (Å²) in [7, 11) is 0. The Kier molecular flexibility index (Phi) is 3.41. The van der Waals surface area contributed by atoms with Gasteiger partial charge in [-0.05, 0) is 35.4 Å². The molecule has 2 rings (SSSR count). The molecule has 6 heteroatoms. The van der Waals surface area contributed by atoms with Crippen LogP contribution in [0.5, 0.6) is 5.75 Å². The molecule has 0 aliphatic rings. The predicted octanol–water partition coefficient (Wildman–Crippen LogP) is 4.87. The lowest BCUT2D eigenvalue weighted by atomic mass is 10.0. The van der Waals surface area contributed by atoms with E-state index in [-0.39, 0.29) is 16.3 Å². The molecule has 1 N–H and O–H groups in total. The van der Waals surface area contributed by atoms with Crippen LogP contribution in [0.2, 0.25) is 5.02 Å². The van der Waals surface area contributed by atoms with Crippen molar-refractivity contribution in [2.45, 2.75) is 6.18 Å². The Balaban J connectivity index is 2.47. The standard InChI is InChI=1S/C13H7ClF4O/c14-10-5-7(2-4-12(10)19)8-1-3-9(11(15)6-8)13(16,17)18/h1-6,19H. The van der Waals surface area contributed by atoms with Crippen LogP contribution in [-0.4, -0.2) is 5.11 Å². The van der Waals surface area contributed by atoms with Gasteiger partial charge in [0.2, 0.25) is 0 Å². The quantitative estimate of drug-likeness (QED) is 0.743. The van der Waals surface area contributed by atoms with Crippen LogP contribution < -0.4 is 0 Å². The minimum Gasteiger partial charge on any atom is -0.506 e. The number of phenols is 1. The predicted molar refractivity (Wildman–Crippen MR) is 63.5 cm³/mol. The van der Waals surface area contributed by atoms with Gasteiger partial charge in [0.25, 0.3) is 0 Å². The number of benzene rings is 2. The maximum Gasteiger partial charge on any atom is 0.419 e. The largest absolute Gasteiger partial charge is 0.506 e. The number of rotatable bonds is 1. The van der Waals surface area contributed by atoms with Crippen molar-refractivity contribution >= 4 is 11.6 Å². The van der Waals surface area contributed by atoms with Gasteiger partial charge in [-0.3, -0.25) is 0 Å². The number of phenolic OH excluding ortho intramolecular Hbond substituents is 1. The highest BCUT2D eigenvalue weighted by Crippen LogP contribution is 2.34. The van der Waals surface area contributed by atoms with Crippen LogP contribution in [0.15, 0.2) is 36.4 Å². The van der Waals surface area contributed by atoms with E-state index in [0.717, 1.165) is 12.1 Å². The zero-order valence-electron chi connectivity index (χ0n) is 9.30. The molecule has 0 spiro atoms. The second kappa shape index (κ2) is 4.74. The molecule has 0 aromatic heterocycles. The number of alkyl halides is 3. The monoisotopic (exact) mass is 290 g/mol. The fraction of sp³-hybridized carbons (Fsp3) is 0.0769. The average molecular weight is 291 g/mol. The van der Waals surface area contributed by atoms with Crippen molar-refractivity contribution in [1.82, 2.24) is 0 Å². The van der Waals surface area contributed by atoms with Crippen molar-refractivity contribution in [2.75, 3.05) is 0 Å². The molecule has 0 saturated heterocycles. The van der Waals surface area contributed by atoms with E-state index in [1.54, 1.807) is 0 Å². The average Bonchev–Trinajstić information content (AvgIpc) is 2.31. The molecule has 0 unspecified atom stereocenters. The van der Waals surface area contributed by atoms with Gasteiger partial charge in [0, 0.05) is 0 Å². The second-order valence-corrected chi connectivity index (χ2v) is 4.27. The molecule has 0 fully saturated rings. The highest BCUT2D eigenvalue weighted by Gasteiger charge is 2.33. The van der Waals surface area contributed by atoms with Crippen LogP contribution in [0.4, 0.5) is 17.6 Å². The minimum atomic E-state index is -4.73. The minimum absolute atomic E-state index is 0.0396. The zero-order valence-corrected chi connectivity index (χ0v) is 10.1. The first-order chi connectivity index (χ1) is 8.79. The van der Waals surface area contributed by atoms with E-state index in [1.807, 2.05) is 0 Å². The van der Waals surface area contributed by atoms with Gasteiger partial charge < -0.3 is 5.11 Å². The van der Waals surface area contributed by atoms with Gasteiger partial charge >= 0.3 is 6.18 Å². The van der Waals surface area contributed by atoms with Crippen molar-refractivity contribution in [3.05, 3.63) is 52.8 Å². The van der Waals surface area contributed by atoms with Gasteiger partial charge in [0.15, 0.2) is 0 Å². The van der Waals surface area contributed by atoms with E-state index in [2.05, 4.69) is 0 Å². The molecule has 0 bridgehead atoms. The van der Waals surface area contributed by atoms with Gasteiger partial charge in [-0.2, -0.15) is 13.2 Å². The molecule has 0 heterocycles. The third-order valence-corrected chi connectivity index (χ3v) is 2.86. The molecule has 0 amide bonds. The lowest BCUT2D eigenvalue weighted by Gasteiger charge is -2.10. The molecular weight excluding hydrogens is 284 g/mol. The Morgan fingerprint density at radius 1 is 0.947 bits per heavy atom. The third kappa shape index (κ3) is 2.81. The molecule has 2 aromatic rings. The Labute approximate surface area is 111 Å². The third-order valence-electron chi connectivity index (χ3n) is 2.56. The molecule has 0 aliphatic heterocycles. The first-order valence-corrected chi connectivity index (χ1v) is 5.52. The van der Waals surface area contributed by atoms with Gasteiger partial charge in [-0.15, -0.1) is 0 Å². The molecule has 0 atom stereocenters. The van der Waals surface area contributed by atoms with E-state index in [0.29, 0.717) is 11.6 Å². The summed E-state index contributed by atoms with van der Waals surface area (Å²) < 4.78 is 50.6.